The maximum atomic E-state index is 13.2. The molecule has 1 unspecified atom stereocenters. The van der Waals surface area contributed by atoms with Crippen LogP contribution in [-0.2, 0) is 16.1 Å². The molecule has 1 N–H and O–H groups in total. The highest BCUT2D eigenvalue weighted by atomic mass is 19.2. The Labute approximate surface area is 121 Å². The van der Waals surface area contributed by atoms with E-state index in [4.69, 9.17) is 0 Å². The summed E-state index contributed by atoms with van der Waals surface area (Å²) in [5.74, 6) is -1.88. The lowest BCUT2D eigenvalue weighted by atomic mass is 10.1. The molecule has 0 radical (unpaired) electrons. The molecule has 1 aliphatic heterocycles. The van der Waals surface area contributed by atoms with E-state index < -0.39 is 17.7 Å². The van der Waals surface area contributed by atoms with Crippen molar-refractivity contribution in [3.63, 3.8) is 0 Å². The number of rotatable bonds is 3. The number of halogens is 2. The molecule has 1 saturated heterocycles. The predicted molar refractivity (Wildman–Crippen MR) is 71.0 cm³/mol. The van der Waals surface area contributed by atoms with Crippen LogP contribution in [0.3, 0.4) is 0 Å². The summed E-state index contributed by atoms with van der Waals surface area (Å²) >= 11 is 0. The van der Waals surface area contributed by atoms with E-state index in [9.17, 15) is 18.4 Å². The molecular weight excluding hydrogens is 278 g/mol. The lowest BCUT2D eigenvalue weighted by Gasteiger charge is -2.24. The first kappa shape index (κ1) is 14.0. The summed E-state index contributed by atoms with van der Waals surface area (Å²) < 4.78 is 26.2. The first-order chi connectivity index (χ1) is 10.0. The topological polar surface area (TPSA) is 49.4 Å². The third-order valence-electron chi connectivity index (χ3n) is 3.95. The van der Waals surface area contributed by atoms with Crippen LogP contribution in [0.15, 0.2) is 18.2 Å². The van der Waals surface area contributed by atoms with Gasteiger partial charge in [-0.25, -0.2) is 8.78 Å². The van der Waals surface area contributed by atoms with Crippen LogP contribution in [-0.4, -0.2) is 29.3 Å². The Bertz CT molecular complexity index is 587. The van der Waals surface area contributed by atoms with Gasteiger partial charge in [0, 0.05) is 19.5 Å². The monoisotopic (exact) mass is 294 g/mol. The van der Waals surface area contributed by atoms with Crippen LogP contribution in [0.1, 0.15) is 24.8 Å². The summed E-state index contributed by atoms with van der Waals surface area (Å²) in [7, 11) is 0. The molecule has 2 fully saturated rings. The Hall–Kier alpha value is -1.98. The van der Waals surface area contributed by atoms with E-state index in [1.807, 2.05) is 0 Å². The molecule has 2 aliphatic rings. The number of amides is 2. The second-order valence-corrected chi connectivity index (χ2v) is 5.64. The number of nitrogens with one attached hydrogen (secondary N) is 1. The second kappa shape index (κ2) is 5.42. The Morgan fingerprint density at radius 2 is 1.95 bits per heavy atom. The first-order valence-corrected chi connectivity index (χ1v) is 7.06. The standard InChI is InChI=1S/C15H16F2N2O2/c16-11-4-1-9(7-12(11)17)8-19-6-5-13(20)18-14(15(19)21)10-2-3-10/h1,4,7,10,14H,2-3,5-6,8H2,(H,18,20). The minimum Gasteiger partial charge on any atom is -0.344 e. The fraction of sp³-hybridized carbons (Fsp3) is 0.467. The number of hydrogen-bond acceptors (Lipinski definition) is 2. The normalized spacial score (nSPS) is 23.0. The van der Waals surface area contributed by atoms with Gasteiger partial charge in [0.15, 0.2) is 11.6 Å². The van der Waals surface area contributed by atoms with Crippen molar-refractivity contribution in [2.75, 3.05) is 6.54 Å². The second-order valence-electron chi connectivity index (χ2n) is 5.64. The average Bonchev–Trinajstić information content (AvgIpc) is 3.28. The van der Waals surface area contributed by atoms with Crippen LogP contribution in [0.5, 0.6) is 0 Å². The molecule has 1 heterocycles. The molecule has 6 heteroatoms. The van der Waals surface area contributed by atoms with Crippen molar-refractivity contribution in [2.24, 2.45) is 5.92 Å². The summed E-state index contributed by atoms with van der Waals surface area (Å²) in [4.78, 5) is 25.7. The molecule has 1 atom stereocenters. The first-order valence-electron chi connectivity index (χ1n) is 7.06. The molecule has 112 valence electrons. The molecule has 1 aromatic rings. The zero-order valence-electron chi connectivity index (χ0n) is 11.4. The molecule has 1 aliphatic carbocycles. The minimum atomic E-state index is -0.928. The zero-order valence-corrected chi connectivity index (χ0v) is 11.4. The lowest BCUT2D eigenvalue weighted by molar-refractivity contribution is -0.134. The molecule has 1 aromatic carbocycles. The molecule has 4 nitrogen and oxygen atoms in total. The highest BCUT2D eigenvalue weighted by Crippen LogP contribution is 2.34. The number of carbonyl (C=O) groups excluding carboxylic acids is 2. The van der Waals surface area contributed by atoms with E-state index in [-0.39, 0.29) is 30.7 Å². The van der Waals surface area contributed by atoms with E-state index in [0.29, 0.717) is 12.1 Å². The molecule has 0 aromatic heterocycles. The lowest BCUT2D eigenvalue weighted by Crippen LogP contribution is -2.45. The Morgan fingerprint density at radius 1 is 1.19 bits per heavy atom. The number of hydrogen-bond donors (Lipinski definition) is 1. The van der Waals surface area contributed by atoms with Crippen molar-refractivity contribution in [2.45, 2.75) is 31.8 Å². The molecule has 0 bridgehead atoms. The van der Waals surface area contributed by atoms with Gasteiger partial charge in [0.2, 0.25) is 11.8 Å². The number of benzene rings is 1. The Balaban J connectivity index is 1.77. The van der Waals surface area contributed by atoms with Crippen LogP contribution in [0.4, 0.5) is 8.78 Å². The van der Waals surface area contributed by atoms with Crippen molar-refractivity contribution in [1.29, 1.82) is 0 Å². The minimum absolute atomic E-state index is 0.131. The Morgan fingerprint density at radius 3 is 2.62 bits per heavy atom. The van der Waals surface area contributed by atoms with Gasteiger partial charge in [0.1, 0.15) is 6.04 Å². The molecule has 21 heavy (non-hydrogen) atoms. The number of carbonyl (C=O) groups is 2. The molecule has 1 saturated carbocycles. The summed E-state index contributed by atoms with van der Waals surface area (Å²) in [5, 5.41) is 2.76. The average molecular weight is 294 g/mol. The zero-order chi connectivity index (χ0) is 15.0. The van der Waals surface area contributed by atoms with Crippen molar-refractivity contribution in [3.8, 4) is 0 Å². The van der Waals surface area contributed by atoms with Gasteiger partial charge in [-0.3, -0.25) is 9.59 Å². The molecule has 0 spiro atoms. The number of nitrogens with zero attached hydrogens (tertiary/aromatic N) is 1. The van der Waals surface area contributed by atoms with E-state index in [2.05, 4.69) is 5.32 Å². The van der Waals surface area contributed by atoms with Crippen molar-refractivity contribution in [3.05, 3.63) is 35.4 Å². The third-order valence-corrected chi connectivity index (χ3v) is 3.95. The van der Waals surface area contributed by atoms with Gasteiger partial charge in [0.05, 0.1) is 0 Å². The summed E-state index contributed by atoms with van der Waals surface area (Å²) in [6.07, 6.45) is 2.12. The van der Waals surface area contributed by atoms with Crippen molar-refractivity contribution in [1.82, 2.24) is 10.2 Å². The summed E-state index contributed by atoms with van der Waals surface area (Å²) in [5.41, 5.74) is 0.520. The van der Waals surface area contributed by atoms with E-state index >= 15 is 0 Å². The highest BCUT2D eigenvalue weighted by Gasteiger charge is 2.40. The van der Waals surface area contributed by atoms with Crippen LogP contribution < -0.4 is 5.32 Å². The van der Waals surface area contributed by atoms with Crippen LogP contribution in [0.25, 0.3) is 0 Å². The quantitative estimate of drug-likeness (QED) is 0.920. The third kappa shape index (κ3) is 3.04. The summed E-state index contributed by atoms with van der Waals surface area (Å²) in [6, 6.07) is 3.13. The maximum absolute atomic E-state index is 13.2. The van der Waals surface area contributed by atoms with E-state index in [1.54, 1.807) is 4.90 Å². The SMILES string of the molecule is O=C1CCN(Cc2ccc(F)c(F)c2)C(=O)C(C2CC2)N1. The predicted octanol–water partition coefficient (Wildman–Crippen LogP) is 1.59. The van der Waals surface area contributed by atoms with Gasteiger partial charge in [-0.2, -0.15) is 0 Å². The summed E-state index contributed by atoms with van der Waals surface area (Å²) in [6.45, 7) is 0.487. The molecule has 2 amide bonds. The fourth-order valence-corrected chi connectivity index (χ4v) is 2.62. The molecular formula is C15H16F2N2O2. The van der Waals surface area contributed by atoms with Gasteiger partial charge in [-0.1, -0.05) is 6.07 Å². The Kier molecular flexibility index (Phi) is 3.61. The van der Waals surface area contributed by atoms with Gasteiger partial charge < -0.3 is 10.2 Å². The van der Waals surface area contributed by atoms with Gasteiger partial charge in [0.25, 0.3) is 0 Å². The largest absolute Gasteiger partial charge is 0.344 e. The van der Waals surface area contributed by atoms with Crippen molar-refractivity contribution >= 4 is 11.8 Å². The van der Waals surface area contributed by atoms with Crippen LogP contribution in [0.2, 0.25) is 0 Å². The highest BCUT2D eigenvalue weighted by molar-refractivity contribution is 5.90. The van der Waals surface area contributed by atoms with Crippen molar-refractivity contribution < 1.29 is 18.4 Å². The smallest absolute Gasteiger partial charge is 0.245 e. The van der Waals surface area contributed by atoms with E-state index in [1.165, 1.54) is 6.07 Å². The fourth-order valence-electron chi connectivity index (χ4n) is 2.62. The van der Waals surface area contributed by atoms with Gasteiger partial charge in [-0.05, 0) is 36.5 Å². The molecule has 3 rings (SSSR count). The van der Waals surface area contributed by atoms with E-state index in [0.717, 1.165) is 25.0 Å². The van der Waals surface area contributed by atoms with Gasteiger partial charge in [-0.15, -0.1) is 0 Å². The van der Waals surface area contributed by atoms with Crippen LogP contribution in [0, 0.1) is 17.6 Å². The van der Waals surface area contributed by atoms with Crippen LogP contribution >= 0.6 is 0 Å². The maximum Gasteiger partial charge on any atom is 0.245 e. The van der Waals surface area contributed by atoms with Gasteiger partial charge >= 0.3 is 0 Å².